The average molecular weight is 263 g/mol. The van der Waals surface area contributed by atoms with Gasteiger partial charge in [0.05, 0.1) is 11.3 Å². The van der Waals surface area contributed by atoms with E-state index in [0.29, 0.717) is 18.5 Å². The predicted octanol–water partition coefficient (Wildman–Crippen LogP) is 2.21. The van der Waals surface area contributed by atoms with Crippen molar-refractivity contribution < 1.29 is 5.11 Å². The van der Waals surface area contributed by atoms with Crippen molar-refractivity contribution >= 4 is 0 Å². The first-order valence-electron chi connectivity index (χ1n) is 7.10. The Morgan fingerprint density at radius 2 is 1.95 bits per heavy atom. The summed E-state index contributed by atoms with van der Waals surface area (Å²) in [4.78, 5) is 8.43. The van der Waals surface area contributed by atoms with E-state index in [1.54, 1.807) is 6.20 Å². The number of aryl methyl sites for hydroxylation is 1. The first-order chi connectivity index (χ1) is 8.89. The van der Waals surface area contributed by atoms with Gasteiger partial charge in [-0.25, -0.2) is 9.97 Å². The van der Waals surface area contributed by atoms with Gasteiger partial charge in [-0.2, -0.15) is 0 Å². The van der Waals surface area contributed by atoms with Crippen LogP contribution in [0, 0.1) is 12.3 Å². The Hall–Kier alpha value is -1.00. The van der Waals surface area contributed by atoms with Crippen LogP contribution in [0.4, 0.5) is 0 Å². The molecule has 2 N–H and O–H groups in total. The topological polar surface area (TPSA) is 58.0 Å². The summed E-state index contributed by atoms with van der Waals surface area (Å²) in [6.45, 7) is 7.79. The number of nitrogens with zero attached hydrogens (tertiary/aromatic N) is 2. The highest BCUT2D eigenvalue weighted by molar-refractivity contribution is 5.01. The summed E-state index contributed by atoms with van der Waals surface area (Å²) in [5, 5.41) is 13.9. The molecule has 106 valence electrons. The van der Waals surface area contributed by atoms with E-state index in [1.165, 1.54) is 0 Å². The summed E-state index contributed by atoms with van der Waals surface area (Å²) in [6.07, 6.45) is 5.73. The van der Waals surface area contributed by atoms with E-state index < -0.39 is 5.60 Å². The molecule has 4 nitrogen and oxygen atoms in total. The van der Waals surface area contributed by atoms with Crippen LogP contribution >= 0.6 is 0 Å². The van der Waals surface area contributed by atoms with E-state index in [9.17, 15) is 5.11 Å². The lowest BCUT2D eigenvalue weighted by Crippen LogP contribution is -2.44. The van der Waals surface area contributed by atoms with Crippen LogP contribution in [0.15, 0.2) is 12.3 Å². The van der Waals surface area contributed by atoms with Crippen molar-refractivity contribution in [2.45, 2.75) is 58.6 Å². The monoisotopic (exact) mass is 263 g/mol. The zero-order chi connectivity index (χ0) is 13.9. The summed E-state index contributed by atoms with van der Waals surface area (Å²) >= 11 is 0. The van der Waals surface area contributed by atoms with Crippen molar-refractivity contribution in [1.29, 1.82) is 0 Å². The van der Waals surface area contributed by atoms with Crippen molar-refractivity contribution in [3.63, 3.8) is 0 Å². The maximum Gasteiger partial charge on any atom is 0.125 e. The number of hydrogen-bond donors (Lipinski definition) is 2. The quantitative estimate of drug-likeness (QED) is 0.874. The summed E-state index contributed by atoms with van der Waals surface area (Å²) < 4.78 is 0. The zero-order valence-corrected chi connectivity index (χ0v) is 12.2. The molecule has 1 aliphatic carbocycles. The number of rotatable bonds is 4. The molecule has 1 aromatic heterocycles. The highest BCUT2D eigenvalue weighted by atomic mass is 16.3. The fourth-order valence-corrected chi connectivity index (χ4v) is 2.60. The smallest absolute Gasteiger partial charge is 0.125 e. The maximum atomic E-state index is 10.5. The highest BCUT2D eigenvalue weighted by Crippen LogP contribution is 2.39. The van der Waals surface area contributed by atoms with Gasteiger partial charge in [-0.1, -0.05) is 13.8 Å². The van der Waals surface area contributed by atoms with Crippen LogP contribution < -0.4 is 5.32 Å². The molecule has 0 amide bonds. The molecule has 0 bridgehead atoms. The largest absolute Gasteiger partial charge is 0.389 e. The fourth-order valence-electron chi connectivity index (χ4n) is 2.60. The molecule has 19 heavy (non-hydrogen) atoms. The molecule has 1 heterocycles. The predicted molar refractivity (Wildman–Crippen MR) is 75.7 cm³/mol. The average Bonchev–Trinajstić information content (AvgIpc) is 2.34. The van der Waals surface area contributed by atoms with Crippen molar-refractivity contribution in [1.82, 2.24) is 15.3 Å². The Kier molecular flexibility index (Phi) is 4.21. The number of nitrogens with one attached hydrogen (secondary N) is 1. The second kappa shape index (κ2) is 5.55. The molecule has 1 aromatic rings. The van der Waals surface area contributed by atoms with E-state index in [2.05, 4.69) is 29.1 Å². The summed E-state index contributed by atoms with van der Waals surface area (Å²) in [5.41, 5.74) is 0.820. The molecule has 2 rings (SSSR count). The molecular formula is C15H25N3O. The van der Waals surface area contributed by atoms with Crippen LogP contribution in [0.25, 0.3) is 0 Å². The second-order valence-corrected chi connectivity index (χ2v) is 6.59. The normalized spacial score (nSPS) is 21.3. The van der Waals surface area contributed by atoms with Crippen LogP contribution in [0.5, 0.6) is 0 Å². The molecule has 0 radical (unpaired) electrons. The van der Waals surface area contributed by atoms with Crippen molar-refractivity contribution in [2.75, 3.05) is 6.54 Å². The molecule has 0 unspecified atom stereocenters. The molecule has 0 aliphatic heterocycles. The number of aromatic nitrogens is 2. The van der Waals surface area contributed by atoms with Crippen molar-refractivity contribution in [2.24, 2.45) is 5.41 Å². The minimum Gasteiger partial charge on any atom is -0.389 e. The Balaban J connectivity index is 1.79. The standard InChI is InChI=1S/C15H25N3O/c1-12-17-9-4-13(18-12)10-16-11-15(19)7-5-14(2,3)6-8-15/h4,9,16,19H,5-8,10-11H2,1-3H3. The van der Waals surface area contributed by atoms with E-state index in [1.807, 2.05) is 13.0 Å². The third-order valence-electron chi connectivity index (χ3n) is 4.13. The van der Waals surface area contributed by atoms with E-state index in [0.717, 1.165) is 37.2 Å². The first-order valence-corrected chi connectivity index (χ1v) is 7.10. The molecule has 0 atom stereocenters. The second-order valence-electron chi connectivity index (χ2n) is 6.59. The van der Waals surface area contributed by atoms with Crippen LogP contribution in [-0.2, 0) is 6.54 Å². The minimum atomic E-state index is -0.544. The van der Waals surface area contributed by atoms with Crippen molar-refractivity contribution in [3.05, 3.63) is 23.8 Å². The third-order valence-corrected chi connectivity index (χ3v) is 4.13. The summed E-state index contributed by atoms with van der Waals surface area (Å²) in [5.74, 6) is 0.789. The van der Waals surface area contributed by atoms with Gasteiger partial charge in [0, 0.05) is 19.3 Å². The molecular weight excluding hydrogens is 238 g/mol. The molecule has 0 aromatic carbocycles. The Bertz CT molecular complexity index is 421. The van der Waals surface area contributed by atoms with Crippen LogP contribution in [0.2, 0.25) is 0 Å². The molecule has 0 spiro atoms. The van der Waals surface area contributed by atoms with E-state index in [4.69, 9.17) is 0 Å². The van der Waals surface area contributed by atoms with Crippen molar-refractivity contribution in [3.8, 4) is 0 Å². The van der Waals surface area contributed by atoms with Gasteiger partial charge in [-0.05, 0) is 44.1 Å². The summed E-state index contributed by atoms with van der Waals surface area (Å²) in [6, 6.07) is 1.91. The van der Waals surface area contributed by atoms with Crippen LogP contribution in [0.1, 0.15) is 51.0 Å². The zero-order valence-electron chi connectivity index (χ0n) is 12.2. The maximum absolute atomic E-state index is 10.5. The van der Waals surface area contributed by atoms with Gasteiger partial charge in [-0.15, -0.1) is 0 Å². The van der Waals surface area contributed by atoms with Gasteiger partial charge in [0.2, 0.25) is 0 Å². The van der Waals surface area contributed by atoms with Gasteiger partial charge in [0.25, 0.3) is 0 Å². The lowest BCUT2D eigenvalue weighted by Gasteiger charge is -2.40. The lowest BCUT2D eigenvalue weighted by atomic mass is 9.71. The lowest BCUT2D eigenvalue weighted by molar-refractivity contribution is -0.0245. The minimum absolute atomic E-state index is 0.385. The Labute approximate surface area is 115 Å². The summed E-state index contributed by atoms with van der Waals surface area (Å²) in [7, 11) is 0. The van der Waals surface area contributed by atoms with Crippen LogP contribution in [-0.4, -0.2) is 27.2 Å². The number of hydrogen-bond acceptors (Lipinski definition) is 4. The Morgan fingerprint density at radius 1 is 1.26 bits per heavy atom. The van der Waals surface area contributed by atoms with E-state index >= 15 is 0 Å². The SMILES string of the molecule is Cc1nccc(CNCC2(O)CCC(C)(C)CC2)n1. The molecule has 1 fully saturated rings. The molecule has 1 saturated carbocycles. The van der Waals surface area contributed by atoms with Gasteiger partial charge >= 0.3 is 0 Å². The van der Waals surface area contributed by atoms with Gasteiger partial charge in [-0.3, -0.25) is 0 Å². The fraction of sp³-hybridized carbons (Fsp3) is 0.733. The number of aliphatic hydroxyl groups is 1. The molecule has 1 aliphatic rings. The van der Waals surface area contributed by atoms with E-state index in [-0.39, 0.29) is 0 Å². The Morgan fingerprint density at radius 3 is 2.58 bits per heavy atom. The van der Waals surface area contributed by atoms with Gasteiger partial charge < -0.3 is 10.4 Å². The molecule has 0 saturated heterocycles. The molecule has 4 heteroatoms. The first kappa shape index (κ1) is 14.4. The van der Waals surface area contributed by atoms with Crippen LogP contribution in [0.3, 0.4) is 0 Å². The third kappa shape index (κ3) is 4.25. The van der Waals surface area contributed by atoms with Gasteiger partial charge in [0.15, 0.2) is 0 Å². The highest BCUT2D eigenvalue weighted by Gasteiger charge is 2.36. The van der Waals surface area contributed by atoms with Gasteiger partial charge in [0.1, 0.15) is 5.82 Å².